The molecule has 2 nitrogen and oxygen atoms in total. The van der Waals surface area contributed by atoms with Crippen LogP contribution in [0.4, 0.5) is 4.39 Å². The molecule has 1 aliphatic heterocycles. The maximum Gasteiger partial charge on any atom is 0.142 e. The van der Waals surface area contributed by atoms with E-state index in [4.69, 9.17) is 11.6 Å². The molecule has 2 aromatic carbocycles. The molecule has 0 bridgehead atoms. The summed E-state index contributed by atoms with van der Waals surface area (Å²) in [5.41, 5.74) is 0.882. The van der Waals surface area contributed by atoms with E-state index in [1.54, 1.807) is 6.07 Å². The number of hydrogen-bond donors (Lipinski definition) is 0. The summed E-state index contributed by atoms with van der Waals surface area (Å²) < 4.78 is 13.4. The number of fused-ring (bicyclic) bond motifs is 1. The van der Waals surface area contributed by atoms with Crippen LogP contribution in [-0.2, 0) is 6.54 Å². The van der Waals surface area contributed by atoms with Gasteiger partial charge in [0.2, 0.25) is 0 Å². The lowest BCUT2D eigenvalue weighted by molar-refractivity contribution is 0.406. The molecule has 2 aromatic rings. The van der Waals surface area contributed by atoms with Gasteiger partial charge in [0.25, 0.3) is 0 Å². The smallest absolute Gasteiger partial charge is 0.142 e. The Morgan fingerprint density at radius 2 is 2.05 bits per heavy atom. The first-order chi connectivity index (χ1) is 9.22. The van der Waals surface area contributed by atoms with E-state index in [0.717, 1.165) is 16.1 Å². The molecule has 1 aliphatic rings. The molecule has 0 amide bonds. The van der Waals surface area contributed by atoms with Crippen molar-refractivity contribution in [3.63, 3.8) is 0 Å². The van der Waals surface area contributed by atoms with Crippen molar-refractivity contribution in [3.8, 4) is 0 Å². The molecule has 0 aromatic heterocycles. The van der Waals surface area contributed by atoms with Crippen molar-refractivity contribution < 1.29 is 4.39 Å². The zero-order valence-corrected chi connectivity index (χ0v) is 10.9. The molecule has 96 valence electrons. The van der Waals surface area contributed by atoms with Crippen molar-refractivity contribution in [1.29, 1.82) is 0 Å². The minimum Gasteiger partial charge on any atom is -0.353 e. The first-order valence-electron chi connectivity index (χ1n) is 6.02. The van der Waals surface area contributed by atoms with Gasteiger partial charge in [-0.15, -0.1) is 0 Å². The zero-order chi connectivity index (χ0) is 13.2. The number of rotatable bonds is 2. The zero-order valence-electron chi connectivity index (χ0n) is 10.2. The summed E-state index contributed by atoms with van der Waals surface area (Å²) in [6.07, 6.45) is 2.05. The summed E-state index contributed by atoms with van der Waals surface area (Å²) in [7, 11) is 0. The van der Waals surface area contributed by atoms with Gasteiger partial charge in [-0.25, -0.2) is 4.39 Å². The van der Waals surface area contributed by atoms with E-state index in [1.165, 1.54) is 6.07 Å². The van der Waals surface area contributed by atoms with Crippen LogP contribution >= 0.6 is 11.6 Å². The maximum absolute atomic E-state index is 13.4. The third-order valence-electron chi connectivity index (χ3n) is 3.05. The molecule has 0 radical (unpaired) electrons. The molecule has 0 spiro atoms. The van der Waals surface area contributed by atoms with Crippen LogP contribution in [0.15, 0.2) is 47.5 Å². The van der Waals surface area contributed by atoms with Gasteiger partial charge in [-0.2, -0.15) is 0 Å². The minimum absolute atomic E-state index is 0.154. The van der Waals surface area contributed by atoms with Crippen LogP contribution in [-0.4, -0.2) is 11.6 Å². The van der Waals surface area contributed by atoms with E-state index in [9.17, 15) is 4.39 Å². The lowest BCUT2D eigenvalue weighted by Gasteiger charge is -2.20. The molecule has 0 N–H and O–H groups in total. The summed E-state index contributed by atoms with van der Waals surface area (Å²) in [5, 5.41) is 2.24. The van der Waals surface area contributed by atoms with Crippen molar-refractivity contribution in [1.82, 2.24) is 4.90 Å². The second-order valence-electron chi connectivity index (χ2n) is 4.48. The molecule has 0 fully saturated rings. The number of hydrogen-bond acceptors (Lipinski definition) is 2. The molecule has 0 saturated heterocycles. The highest BCUT2D eigenvalue weighted by Crippen LogP contribution is 2.17. The van der Waals surface area contributed by atoms with Crippen molar-refractivity contribution in [3.05, 3.63) is 69.4 Å². The maximum atomic E-state index is 13.4. The van der Waals surface area contributed by atoms with Gasteiger partial charge in [0.15, 0.2) is 0 Å². The molecule has 1 heterocycles. The van der Waals surface area contributed by atoms with Crippen molar-refractivity contribution >= 4 is 17.8 Å². The minimum atomic E-state index is -0.381. The molecule has 0 aliphatic carbocycles. The first kappa shape index (κ1) is 12.2. The molecule has 0 unspecified atom stereocenters. The Bertz CT molecular complexity index is 727. The fourth-order valence-corrected chi connectivity index (χ4v) is 2.23. The highest BCUT2D eigenvalue weighted by atomic mass is 35.5. The van der Waals surface area contributed by atoms with E-state index >= 15 is 0 Å². The Morgan fingerprint density at radius 1 is 1.21 bits per heavy atom. The first-order valence-corrected chi connectivity index (χ1v) is 6.39. The van der Waals surface area contributed by atoms with Gasteiger partial charge in [0.05, 0.1) is 10.4 Å². The van der Waals surface area contributed by atoms with E-state index in [2.05, 4.69) is 11.2 Å². The third-order valence-corrected chi connectivity index (χ3v) is 3.36. The number of benzene rings is 2. The summed E-state index contributed by atoms with van der Waals surface area (Å²) >= 11 is 5.68. The highest BCUT2D eigenvalue weighted by molar-refractivity contribution is 6.30. The van der Waals surface area contributed by atoms with Crippen molar-refractivity contribution in [2.45, 2.75) is 6.54 Å². The molecule has 4 heteroatoms. The third kappa shape index (κ3) is 2.61. The number of halogens is 2. The van der Waals surface area contributed by atoms with Gasteiger partial charge in [-0.05, 0) is 23.8 Å². The van der Waals surface area contributed by atoms with Crippen LogP contribution in [0.1, 0.15) is 5.56 Å². The Kier molecular flexibility index (Phi) is 3.22. The Labute approximate surface area is 115 Å². The molecule has 19 heavy (non-hydrogen) atoms. The van der Waals surface area contributed by atoms with E-state index in [1.807, 2.05) is 35.2 Å². The Morgan fingerprint density at radius 3 is 2.89 bits per heavy atom. The van der Waals surface area contributed by atoms with Crippen LogP contribution in [0.2, 0.25) is 5.02 Å². The van der Waals surface area contributed by atoms with Crippen LogP contribution in [0.5, 0.6) is 0 Å². The summed E-state index contributed by atoms with van der Waals surface area (Å²) in [6, 6.07) is 12.9. The van der Waals surface area contributed by atoms with Crippen LogP contribution in [0.3, 0.4) is 0 Å². The average molecular weight is 275 g/mol. The second kappa shape index (κ2) is 5.02. The molecular formula is C15H12ClFN2. The fourth-order valence-electron chi connectivity index (χ4n) is 2.11. The van der Waals surface area contributed by atoms with E-state index in [-0.39, 0.29) is 10.8 Å². The van der Waals surface area contributed by atoms with Crippen LogP contribution in [0.25, 0.3) is 6.20 Å². The van der Waals surface area contributed by atoms with Crippen molar-refractivity contribution in [2.24, 2.45) is 4.99 Å². The quantitative estimate of drug-likeness (QED) is 0.821. The lowest BCUT2D eigenvalue weighted by Crippen LogP contribution is -2.35. The SMILES string of the molecule is Fc1cc(CN2C=c3ccccc3=NC2)ccc1Cl. The topological polar surface area (TPSA) is 15.6 Å². The van der Waals surface area contributed by atoms with E-state index in [0.29, 0.717) is 13.2 Å². The fraction of sp³-hybridized carbons (Fsp3) is 0.133. The molecular weight excluding hydrogens is 263 g/mol. The molecule has 3 rings (SSSR count). The van der Waals surface area contributed by atoms with Crippen LogP contribution < -0.4 is 10.6 Å². The predicted molar refractivity (Wildman–Crippen MR) is 73.5 cm³/mol. The van der Waals surface area contributed by atoms with Gasteiger partial charge in [-0.3, -0.25) is 4.99 Å². The summed E-state index contributed by atoms with van der Waals surface area (Å²) in [5.74, 6) is -0.381. The number of para-hydroxylation sites is 1. The second-order valence-corrected chi connectivity index (χ2v) is 4.89. The van der Waals surface area contributed by atoms with Gasteiger partial charge >= 0.3 is 0 Å². The van der Waals surface area contributed by atoms with Gasteiger partial charge in [-0.1, -0.05) is 35.9 Å². The average Bonchev–Trinajstić information content (AvgIpc) is 2.43. The summed E-state index contributed by atoms with van der Waals surface area (Å²) in [6.45, 7) is 1.20. The standard InChI is InChI=1S/C15H12ClFN2/c16-13-6-5-11(7-14(13)17)8-19-9-12-3-1-2-4-15(12)18-10-19/h1-7,9H,8,10H2. The predicted octanol–water partition coefficient (Wildman–Crippen LogP) is 2.31. The van der Waals surface area contributed by atoms with Gasteiger partial charge in [0, 0.05) is 18.0 Å². The molecule has 0 saturated carbocycles. The van der Waals surface area contributed by atoms with Gasteiger partial charge < -0.3 is 4.90 Å². The number of nitrogens with zero attached hydrogens (tertiary/aromatic N) is 2. The molecule has 0 atom stereocenters. The lowest BCUT2D eigenvalue weighted by atomic mass is 10.2. The Balaban J connectivity index is 1.86. The van der Waals surface area contributed by atoms with Crippen LogP contribution in [0, 0.1) is 5.82 Å². The normalized spacial score (nSPS) is 13.5. The highest BCUT2D eigenvalue weighted by Gasteiger charge is 2.06. The van der Waals surface area contributed by atoms with Gasteiger partial charge in [0.1, 0.15) is 12.5 Å². The monoisotopic (exact) mass is 274 g/mol. The summed E-state index contributed by atoms with van der Waals surface area (Å²) in [4.78, 5) is 6.53. The van der Waals surface area contributed by atoms with Crippen molar-refractivity contribution in [2.75, 3.05) is 6.67 Å². The Hall–Kier alpha value is -1.87. The van der Waals surface area contributed by atoms with E-state index < -0.39 is 0 Å². The largest absolute Gasteiger partial charge is 0.353 e.